The Balaban J connectivity index is 1.87. The van der Waals surface area contributed by atoms with Crippen molar-refractivity contribution in [3.05, 3.63) is 33.8 Å². The van der Waals surface area contributed by atoms with E-state index >= 15 is 0 Å². The number of hydrogen-bond acceptors (Lipinski definition) is 5. The SMILES string of the molecule is O=C(c1ccsc1)N1CCCn2nnc(CO)c2C1. The highest BCUT2D eigenvalue weighted by atomic mass is 32.1. The van der Waals surface area contributed by atoms with E-state index in [0.29, 0.717) is 18.8 Å². The molecule has 2 aromatic rings. The predicted octanol–water partition coefficient (Wildman–Crippen LogP) is 0.878. The summed E-state index contributed by atoms with van der Waals surface area (Å²) in [5.41, 5.74) is 2.12. The van der Waals surface area contributed by atoms with Gasteiger partial charge < -0.3 is 10.0 Å². The van der Waals surface area contributed by atoms with Crippen molar-refractivity contribution in [1.82, 2.24) is 19.9 Å². The molecule has 3 heterocycles. The molecule has 1 amide bonds. The molecule has 7 heteroatoms. The maximum absolute atomic E-state index is 12.4. The molecule has 0 bridgehead atoms. The number of carbonyl (C=O) groups excluding carboxylic acids is 1. The fourth-order valence-corrected chi connectivity index (χ4v) is 2.89. The second-order valence-corrected chi connectivity index (χ2v) is 5.24. The zero-order valence-electron chi connectivity index (χ0n) is 10.3. The summed E-state index contributed by atoms with van der Waals surface area (Å²) in [7, 11) is 0. The van der Waals surface area contributed by atoms with E-state index in [0.717, 1.165) is 24.2 Å². The molecule has 1 N–H and O–H groups in total. The number of thiophene rings is 1. The summed E-state index contributed by atoms with van der Waals surface area (Å²) >= 11 is 1.51. The summed E-state index contributed by atoms with van der Waals surface area (Å²) in [6.07, 6.45) is 0.844. The molecule has 0 fully saturated rings. The van der Waals surface area contributed by atoms with Gasteiger partial charge in [-0.3, -0.25) is 4.79 Å². The Labute approximate surface area is 114 Å². The van der Waals surface area contributed by atoms with Crippen LogP contribution >= 0.6 is 11.3 Å². The zero-order valence-corrected chi connectivity index (χ0v) is 11.1. The van der Waals surface area contributed by atoms with Crippen molar-refractivity contribution >= 4 is 17.2 Å². The third kappa shape index (κ3) is 2.26. The second kappa shape index (κ2) is 5.10. The van der Waals surface area contributed by atoms with Crippen LogP contribution < -0.4 is 0 Å². The fourth-order valence-electron chi connectivity index (χ4n) is 2.26. The van der Waals surface area contributed by atoms with E-state index < -0.39 is 0 Å². The topological polar surface area (TPSA) is 71.2 Å². The van der Waals surface area contributed by atoms with Crippen molar-refractivity contribution in [2.45, 2.75) is 26.1 Å². The van der Waals surface area contributed by atoms with E-state index in [1.807, 2.05) is 16.8 Å². The van der Waals surface area contributed by atoms with Gasteiger partial charge in [0.1, 0.15) is 5.69 Å². The van der Waals surface area contributed by atoms with E-state index in [-0.39, 0.29) is 12.5 Å². The van der Waals surface area contributed by atoms with Crippen LogP contribution in [0.2, 0.25) is 0 Å². The molecule has 0 unspecified atom stereocenters. The van der Waals surface area contributed by atoms with Crippen molar-refractivity contribution in [3.63, 3.8) is 0 Å². The first-order chi connectivity index (χ1) is 9.29. The molecule has 3 rings (SSSR count). The molecule has 1 aliphatic heterocycles. The Hall–Kier alpha value is -1.73. The number of aromatic nitrogens is 3. The predicted molar refractivity (Wildman–Crippen MR) is 69.6 cm³/mol. The van der Waals surface area contributed by atoms with Gasteiger partial charge in [0.2, 0.25) is 0 Å². The number of hydrogen-bond donors (Lipinski definition) is 1. The van der Waals surface area contributed by atoms with Crippen LogP contribution in [0.25, 0.3) is 0 Å². The summed E-state index contributed by atoms with van der Waals surface area (Å²) in [6.45, 7) is 1.74. The molecule has 0 saturated carbocycles. The quantitative estimate of drug-likeness (QED) is 0.885. The van der Waals surface area contributed by atoms with Crippen LogP contribution in [-0.4, -0.2) is 37.5 Å². The number of aliphatic hydroxyl groups excluding tert-OH is 1. The summed E-state index contributed by atoms with van der Waals surface area (Å²) in [4.78, 5) is 14.2. The van der Waals surface area contributed by atoms with Crippen LogP contribution in [0.5, 0.6) is 0 Å². The third-order valence-corrected chi connectivity index (χ3v) is 3.95. The molecule has 0 aromatic carbocycles. The van der Waals surface area contributed by atoms with E-state index in [1.165, 1.54) is 11.3 Å². The van der Waals surface area contributed by atoms with Crippen LogP contribution in [0, 0.1) is 0 Å². The first-order valence-electron chi connectivity index (χ1n) is 6.13. The molecule has 0 saturated heterocycles. The van der Waals surface area contributed by atoms with Gasteiger partial charge in [0.25, 0.3) is 5.91 Å². The molecular weight excluding hydrogens is 264 g/mol. The number of nitrogens with zero attached hydrogens (tertiary/aromatic N) is 4. The van der Waals surface area contributed by atoms with E-state index in [4.69, 9.17) is 0 Å². The number of aliphatic hydroxyl groups is 1. The molecule has 19 heavy (non-hydrogen) atoms. The standard InChI is InChI=1S/C12H14N4O2S/c17-7-10-11-6-15(3-1-4-16(11)14-13-10)12(18)9-2-5-19-8-9/h2,5,8,17H,1,3-4,6-7H2. The number of fused-ring (bicyclic) bond motifs is 1. The average Bonchev–Trinajstić information content (AvgIpc) is 3.03. The van der Waals surface area contributed by atoms with Crippen LogP contribution in [0.3, 0.4) is 0 Å². The number of rotatable bonds is 2. The second-order valence-electron chi connectivity index (χ2n) is 4.46. The molecule has 100 valence electrons. The highest BCUT2D eigenvalue weighted by molar-refractivity contribution is 7.08. The van der Waals surface area contributed by atoms with Crippen LogP contribution in [0.15, 0.2) is 16.8 Å². The van der Waals surface area contributed by atoms with Crippen molar-refractivity contribution in [2.24, 2.45) is 0 Å². The monoisotopic (exact) mass is 278 g/mol. The third-order valence-electron chi connectivity index (χ3n) is 3.26. The normalized spacial score (nSPS) is 15.1. The first-order valence-corrected chi connectivity index (χ1v) is 7.07. The Morgan fingerprint density at radius 2 is 2.37 bits per heavy atom. The van der Waals surface area contributed by atoms with Crippen molar-refractivity contribution in [2.75, 3.05) is 6.54 Å². The molecule has 2 aromatic heterocycles. The Kier molecular flexibility index (Phi) is 3.31. The molecule has 0 spiro atoms. The Morgan fingerprint density at radius 1 is 1.47 bits per heavy atom. The minimum absolute atomic E-state index is 0.0276. The smallest absolute Gasteiger partial charge is 0.255 e. The molecule has 1 aliphatic rings. The maximum Gasteiger partial charge on any atom is 0.255 e. The lowest BCUT2D eigenvalue weighted by Gasteiger charge is -2.19. The number of amides is 1. The van der Waals surface area contributed by atoms with E-state index in [2.05, 4.69) is 10.3 Å². The van der Waals surface area contributed by atoms with Crippen molar-refractivity contribution in [1.29, 1.82) is 0 Å². The van der Waals surface area contributed by atoms with Crippen molar-refractivity contribution < 1.29 is 9.90 Å². The molecule has 0 atom stereocenters. The average molecular weight is 278 g/mol. The molecule has 6 nitrogen and oxygen atoms in total. The van der Waals surface area contributed by atoms with Gasteiger partial charge in [-0.1, -0.05) is 5.21 Å². The molecule has 0 aliphatic carbocycles. The minimum Gasteiger partial charge on any atom is -0.390 e. The Bertz CT molecular complexity index is 579. The van der Waals surface area contributed by atoms with Gasteiger partial charge in [-0.15, -0.1) is 5.10 Å². The number of aryl methyl sites for hydroxylation is 1. The summed E-state index contributed by atoms with van der Waals surface area (Å²) in [5, 5.41) is 21.0. The molecular formula is C12H14N4O2S. The largest absolute Gasteiger partial charge is 0.390 e. The zero-order chi connectivity index (χ0) is 13.2. The Morgan fingerprint density at radius 3 is 3.11 bits per heavy atom. The highest BCUT2D eigenvalue weighted by Gasteiger charge is 2.23. The van der Waals surface area contributed by atoms with Crippen LogP contribution in [0.4, 0.5) is 0 Å². The maximum atomic E-state index is 12.4. The fraction of sp³-hybridized carbons (Fsp3) is 0.417. The lowest BCUT2D eigenvalue weighted by Crippen LogP contribution is -2.30. The minimum atomic E-state index is -0.143. The van der Waals surface area contributed by atoms with Gasteiger partial charge in [-0.25, -0.2) is 4.68 Å². The van der Waals surface area contributed by atoms with E-state index in [1.54, 1.807) is 9.58 Å². The van der Waals surface area contributed by atoms with Crippen LogP contribution in [-0.2, 0) is 19.7 Å². The van der Waals surface area contributed by atoms with E-state index in [9.17, 15) is 9.90 Å². The van der Waals surface area contributed by atoms with Crippen LogP contribution in [0.1, 0.15) is 28.2 Å². The van der Waals surface area contributed by atoms with Crippen molar-refractivity contribution in [3.8, 4) is 0 Å². The summed E-state index contributed by atoms with van der Waals surface area (Å²) in [5.74, 6) is 0.0276. The van der Waals surface area contributed by atoms with Gasteiger partial charge >= 0.3 is 0 Å². The van der Waals surface area contributed by atoms with Gasteiger partial charge in [0.15, 0.2) is 0 Å². The lowest BCUT2D eigenvalue weighted by atomic mass is 10.2. The van der Waals surface area contributed by atoms with Gasteiger partial charge in [0, 0.05) is 18.5 Å². The summed E-state index contributed by atoms with van der Waals surface area (Å²) < 4.78 is 1.78. The first kappa shape index (κ1) is 12.3. The number of carbonyl (C=O) groups is 1. The highest BCUT2D eigenvalue weighted by Crippen LogP contribution is 2.18. The molecule has 0 radical (unpaired) electrons. The lowest BCUT2D eigenvalue weighted by molar-refractivity contribution is 0.0745. The van der Waals surface area contributed by atoms with Gasteiger partial charge in [-0.2, -0.15) is 11.3 Å². The summed E-state index contributed by atoms with van der Waals surface area (Å²) in [6, 6.07) is 1.83. The van der Waals surface area contributed by atoms with Gasteiger partial charge in [0.05, 0.1) is 24.4 Å². The van der Waals surface area contributed by atoms with Gasteiger partial charge in [-0.05, 0) is 17.9 Å².